The summed E-state index contributed by atoms with van der Waals surface area (Å²) >= 11 is 12.4. The molecule has 6 heteroatoms. The van der Waals surface area contributed by atoms with Crippen molar-refractivity contribution in [1.82, 2.24) is 9.61 Å². The monoisotopic (exact) mass is 400 g/mol. The average Bonchev–Trinajstić information content (AvgIpc) is 3.11. The Labute approximate surface area is 167 Å². The number of benzene rings is 2. The van der Waals surface area contributed by atoms with Gasteiger partial charge in [0.1, 0.15) is 23.3 Å². The molecule has 27 heavy (non-hydrogen) atoms. The van der Waals surface area contributed by atoms with Crippen LogP contribution < -0.4 is 4.74 Å². The van der Waals surface area contributed by atoms with Gasteiger partial charge in [-0.15, -0.1) is 0 Å². The van der Waals surface area contributed by atoms with Crippen LogP contribution in [-0.4, -0.2) is 9.61 Å². The summed E-state index contributed by atoms with van der Waals surface area (Å²) in [5.41, 5.74) is 4.00. The highest BCUT2D eigenvalue weighted by molar-refractivity contribution is 6.36. The summed E-state index contributed by atoms with van der Waals surface area (Å²) in [6.45, 7) is 5.79. The van der Waals surface area contributed by atoms with Crippen LogP contribution in [-0.2, 0) is 0 Å². The minimum atomic E-state index is -0.133. The van der Waals surface area contributed by atoms with E-state index in [9.17, 15) is 0 Å². The number of hydrogen-bond acceptors (Lipinski definition) is 3. The lowest BCUT2D eigenvalue weighted by Gasteiger charge is -2.13. The van der Waals surface area contributed by atoms with Crippen molar-refractivity contribution in [3.63, 3.8) is 0 Å². The largest absolute Gasteiger partial charge is 0.479 e. The van der Waals surface area contributed by atoms with Gasteiger partial charge in [-0.2, -0.15) is 9.61 Å². The highest BCUT2D eigenvalue weighted by Gasteiger charge is 2.24. The molecule has 4 aromatic rings. The Balaban J connectivity index is 1.80. The van der Waals surface area contributed by atoms with E-state index in [4.69, 9.17) is 32.4 Å². The van der Waals surface area contributed by atoms with Crippen molar-refractivity contribution < 1.29 is 9.15 Å². The van der Waals surface area contributed by atoms with Gasteiger partial charge in [0, 0.05) is 10.6 Å². The lowest BCUT2D eigenvalue weighted by molar-refractivity contribution is 0.225. The third-order valence-corrected chi connectivity index (χ3v) is 5.06. The molecule has 2 heterocycles. The van der Waals surface area contributed by atoms with Gasteiger partial charge in [-0.1, -0.05) is 53.5 Å². The first-order valence-corrected chi connectivity index (χ1v) is 9.37. The lowest BCUT2D eigenvalue weighted by atomic mass is 10.1. The van der Waals surface area contributed by atoms with Crippen LogP contribution in [0.5, 0.6) is 5.75 Å². The van der Waals surface area contributed by atoms with Gasteiger partial charge in [0.2, 0.25) is 5.75 Å². The second-order valence-electron chi connectivity index (χ2n) is 6.43. The van der Waals surface area contributed by atoms with E-state index in [0.717, 1.165) is 22.5 Å². The van der Waals surface area contributed by atoms with Crippen molar-refractivity contribution in [2.24, 2.45) is 0 Å². The molecular weight excluding hydrogens is 383 g/mol. The van der Waals surface area contributed by atoms with Crippen LogP contribution in [0, 0.1) is 13.8 Å². The van der Waals surface area contributed by atoms with Crippen LogP contribution in [0.3, 0.4) is 0 Å². The molecule has 0 bridgehead atoms. The number of aryl methyl sites for hydroxylation is 2. The molecule has 0 unspecified atom stereocenters. The molecule has 0 aliphatic carbocycles. The minimum Gasteiger partial charge on any atom is -0.479 e. The molecule has 0 spiro atoms. The minimum absolute atomic E-state index is 0.133. The van der Waals surface area contributed by atoms with Crippen molar-refractivity contribution in [1.29, 1.82) is 0 Å². The molecular formula is C21H18Cl2N2O2. The van der Waals surface area contributed by atoms with Crippen molar-refractivity contribution >= 4 is 28.9 Å². The van der Waals surface area contributed by atoms with E-state index in [-0.39, 0.29) is 6.10 Å². The quantitative estimate of drug-likeness (QED) is 0.384. The Morgan fingerprint density at radius 1 is 1.07 bits per heavy atom. The summed E-state index contributed by atoms with van der Waals surface area (Å²) in [6.07, 6.45) is -0.133. The predicted octanol–water partition coefficient (Wildman–Crippen LogP) is 6.66. The Kier molecular flexibility index (Phi) is 4.62. The fourth-order valence-electron chi connectivity index (χ4n) is 3.17. The van der Waals surface area contributed by atoms with Crippen LogP contribution in [0.15, 0.2) is 52.9 Å². The molecule has 0 fully saturated rings. The summed E-state index contributed by atoms with van der Waals surface area (Å²) in [7, 11) is 0. The summed E-state index contributed by atoms with van der Waals surface area (Å²) in [5, 5.41) is 5.75. The van der Waals surface area contributed by atoms with E-state index < -0.39 is 0 Å². The number of fused-ring (bicyclic) bond motifs is 1. The standard InChI is InChI=1S/C21H18Cl2N2O2/c1-12-20(26-13(2)15-7-5-4-6-8-15)21-25(24-12)19(14(3)27-21)17-10-9-16(22)11-18(17)23/h4-11,13H,1-3H3/t13-/m1/s1. The van der Waals surface area contributed by atoms with Crippen molar-refractivity contribution in [3.8, 4) is 17.0 Å². The van der Waals surface area contributed by atoms with Crippen molar-refractivity contribution in [3.05, 3.63) is 75.6 Å². The van der Waals surface area contributed by atoms with E-state index in [1.807, 2.05) is 57.2 Å². The van der Waals surface area contributed by atoms with Crippen LogP contribution in [0.4, 0.5) is 0 Å². The number of nitrogens with zero attached hydrogens (tertiary/aromatic N) is 2. The summed E-state index contributed by atoms with van der Waals surface area (Å²) < 4.78 is 14.0. The molecule has 0 amide bonds. The molecule has 0 radical (unpaired) electrons. The molecule has 0 aliphatic rings. The lowest BCUT2D eigenvalue weighted by Crippen LogP contribution is -2.03. The predicted molar refractivity (Wildman–Crippen MR) is 108 cm³/mol. The van der Waals surface area contributed by atoms with Gasteiger partial charge in [-0.05, 0) is 44.5 Å². The second-order valence-corrected chi connectivity index (χ2v) is 7.28. The van der Waals surface area contributed by atoms with Crippen molar-refractivity contribution in [2.75, 3.05) is 0 Å². The number of oxazole rings is 1. The molecule has 1 atom stereocenters. The Hall–Kier alpha value is -2.43. The first kappa shape index (κ1) is 18.0. The van der Waals surface area contributed by atoms with Gasteiger partial charge in [-0.3, -0.25) is 0 Å². The Morgan fingerprint density at radius 3 is 2.52 bits per heavy atom. The first-order chi connectivity index (χ1) is 13.0. The van der Waals surface area contributed by atoms with Crippen LogP contribution in [0.25, 0.3) is 17.0 Å². The second kappa shape index (κ2) is 6.95. The van der Waals surface area contributed by atoms with E-state index in [0.29, 0.717) is 27.3 Å². The molecule has 4 rings (SSSR count). The van der Waals surface area contributed by atoms with Gasteiger partial charge in [0.15, 0.2) is 0 Å². The van der Waals surface area contributed by atoms with Gasteiger partial charge >= 0.3 is 0 Å². The van der Waals surface area contributed by atoms with E-state index in [1.54, 1.807) is 16.6 Å². The highest BCUT2D eigenvalue weighted by atomic mass is 35.5. The molecule has 2 aromatic carbocycles. The number of ether oxygens (including phenoxy) is 1. The maximum Gasteiger partial charge on any atom is 0.266 e. The summed E-state index contributed by atoms with van der Waals surface area (Å²) in [4.78, 5) is 0. The normalized spacial score (nSPS) is 12.5. The topological polar surface area (TPSA) is 39.7 Å². The maximum atomic E-state index is 6.41. The number of hydrogen-bond donors (Lipinski definition) is 0. The number of halogens is 2. The number of aromatic nitrogens is 2. The Bertz CT molecular complexity index is 1120. The van der Waals surface area contributed by atoms with Gasteiger partial charge in [-0.25, -0.2) is 0 Å². The third-order valence-electron chi connectivity index (χ3n) is 4.51. The average molecular weight is 401 g/mol. The fraction of sp³-hybridized carbons (Fsp3) is 0.190. The van der Waals surface area contributed by atoms with Crippen LogP contribution in [0.1, 0.15) is 30.0 Å². The number of rotatable bonds is 4. The molecule has 0 saturated carbocycles. The fourth-order valence-corrected chi connectivity index (χ4v) is 3.66. The highest BCUT2D eigenvalue weighted by Crippen LogP contribution is 2.38. The Morgan fingerprint density at radius 2 is 1.81 bits per heavy atom. The van der Waals surface area contributed by atoms with E-state index in [2.05, 4.69) is 5.10 Å². The summed E-state index contributed by atoms with van der Waals surface area (Å²) in [5.74, 6) is 1.34. The molecule has 0 aliphatic heterocycles. The van der Waals surface area contributed by atoms with Gasteiger partial charge < -0.3 is 9.15 Å². The van der Waals surface area contributed by atoms with Gasteiger partial charge in [0.05, 0.1) is 5.02 Å². The summed E-state index contributed by atoms with van der Waals surface area (Å²) in [6, 6.07) is 15.4. The van der Waals surface area contributed by atoms with Gasteiger partial charge in [0.25, 0.3) is 5.71 Å². The zero-order valence-corrected chi connectivity index (χ0v) is 16.7. The molecule has 0 N–H and O–H groups in total. The molecule has 0 saturated heterocycles. The zero-order valence-electron chi connectivity index (χ0n) is 15.2. The maximum absolute atomic E-state index is 6.41. The SMILES string of the molecule is Cc1nn2c(-c3ccc(Cl)cc3Cl)c(C)oc2c1O[C@H](C)c1ccccc1. The van der Waals surface area contributed by atoms with Crippen LogP contribution in [0.2, 0.25) is 10.0 Å². The first-order valence-electron chi connectivity index (χ1n) is 8.61. The molecule has 138 valence electrons. The molecule has 2 aromatic heterocycles. The van der Waals surface area contributed by atoms with E-state index in [1.165, 1.54) is 0 Å². The molecule has 4 nitrogen and oxygen atoms in total. The van der Waals surface area contributed by atoms with Crippen LogP contribution >= 0.6 is 23.2 Å². The smallest absolute Gasteiger partial charge is 0.266 e. The van der Waals surface area contributed by atoms with Crippen molar-refractivity contribution in [2.45, 2.75) is 26.9 Å². The third kappa shape index (κ3) is 3.20. The van der Waals surface area contributed by atoms with E-state index >= 15 is 0 Å². The zero-order chi connectivity index (χ0) is 19.1.